The van der Waals surface area contributed by atoms with Crippen molar-refractivity contribution in [3.8, 4) is 0 Å². The molecule has 2 amide bonds. The molecule has 2 rings (SSSR count). The minimum atomic E-state index is -0.706. The predicted octanol–water partition coefficient (Wildman–Crippen LogP) is 3.48. The molecule has 1 aromatic rings. The van der Waals surface area contributed by atoms with Gasteiger partial charge in [0.2, 0.25) is 5.91 Å². The summed E-state index contributed by atoms with van der Waals surface area (Å²) < 4.78 is 10.5. The van der Waals surface area contributed by atoms with Crippen molar-refractivity contribution in [3.63, 3.8) is 0 Å². The number of amides is 2. The smallest absolute Gasteiger partial charge is 0.416 e. The van der Waals surface area contributed by atoms with Crippen LogP contribution in [0.1, 0.15) is 58.9 Å². The Hall–Kier alpha value is -2.41. The molecule has 0 bridgehead atoms. The van der Waals surface area contributed by atoms with Crippen molar-refractivity contribution >= 4 is 18.0 Å². The SMILES string of the molecule is CC(O)CCC[C@H](CC(=O)OC(C)(C)C)C(=O)N1C(=O)OC[C@@H]1Cc1ccccc1. The Kier molecular flexibility index (Phi) is 8.41. The lowest BCUT2D eigenvalue weighted by Gasteiger charge is -2.26. The minimum absolute atomic E-state index is 0.113. The van der Waals surface area contributed by atoms with Gasteiger partial charge in [0.05, 0.1) is 18.6 Å². The van der Waals surface area contributed by atoms with Gasteiger partial charge in [0.15, 0.2) is 0 Å². The lowest BCUT2D eigenvalue weighted by atomic mass is 9.94. The van der Waals surface area contributed by atoms with Gasteiger partial charge in [-0.1, -0.05) is 36.8 Å². The third-order valence-corrected chi connectivity index (χ3v) is 4.87. The number of ether oxygens (including phenoxy) is 2. The number of esters is 1. The predicted molar refractivity (Wildman–Crippen MR) is 112 cm³/mol. The highest BCUT2D eigenvalue weighted by molar-refractivity contribution is 5.96. The lowest BCUT2D eigenvalue weighted by Crippen LogP contribution is -2.44. The van der Waals surface area contributed by atoms with E-state index in [0.29, 0.717) is 25.7 Å². The number of imide groups is 1. The van der Waals surface area contributed by atoms with Crippen LogP contribution < -0.4 is 0 Å². The van der Waals surface area contributed by atoms with Crippen molar-refractivity contribution in [2.75, 3.05) is 6.61 Å². The molecule has 30 heavy (non-hydrogen) atoms. The summed E-state index contributed by atoms with van der Waals surface area (Å²) in [6.07, 6.45) is 0.655. The summed E-state index contributed by atoms with van der Waals surface area (Å²) in [5, 5.41) is 9.54. The number of carbonyl (C=O) groups excluding carboxylic acids is 3. The van der Waals surface area contributed by atoms with E-state index in [1.54, 1.807) is 27.7 Å². The third-order valence-electron chi connectivity index (χ3n) is 4.87. The van der Waals surface area contributed by atoms with E-state index in [2.05, 4.69) is 0 Å². The molecule has 1 heterocycles. The Bertz CT molecular complexity index is 725. The van der Waals surface area contributed by atoms with E-state index in [4.69, 9.17) is 9.47 Å². The van der Waals surface area contributed by atoms with Crippen LogP contribution in [-0.2, 0) is 25.5 Å². The van der Waals surface area contributed by atoms with Gasteiger partial charge in [0.25, 0.3) is 0 Å². The van der Waals surface area contributed by atoms with Gasteiger partial charge >= 0.3 is 12.1 Å². The third kappa shape index (κ3) is 7.44. The van der Waals surface area contributed by atoms with Gasteiger partial charge in [-0.05, 0) is 52.5 Å². The Balaban J connectivity index is 2.13. The molecule has 1 saturated heterocycles. The Labute approximate surface area is 178 Å². The van der Waals surface area contributed by atoms with Gasteiger partial charge in [-0.25, -0.2) is 9.69 Å². The monoisotopic (exact) mass is 419 g/mol. The van der Waals surface area contributed by atoms with Crippen LogP contribution >= 0.6 is 0 Å². The van der Waals surface area contributed by atoms with Gasteiger partial charge in [0.1, 0.15) is 12.2 Å². The van der Waals surface area contributed by atoms with Gasteiger partial charge in [-0.2, -0.15) is 0 Å². The zero-order valence-electron chi connectivity index (χ0n) is 18.3. The fourth-order valence-electron chi connectivity index (χ4n) is 3.52. The van der Waals surface area contributed by atoms with E-state index in [9.17, 15) is 19.5 Å². The van der Waals surface area contributed by atoms with Gasteiger partial charge in [-0.3, -0.25) is 9.59 Å². The van der Waals surface area contributed by atoms with E-state index in [0.717, 1.165) is 10.5 Å². The number of cyclic esters (lactones) is 1. The molecule has 0 radical (unpaired) electrons. The van der Waals surface area contributed by atoms with E-state index in [1.165, 1.54) is 0 Å². The Morgan fingerprint density at radius 1 is 1.23 bits per heavy atom. The second-order valence-electron chi connectivity index (χ2n) is 8.90. The molecule has 166 valence electrons. The second-order valence-corrected chi connectivity index (χ2v) is 8.90. The van der Waals surface area contributed by atoms with Crippen LogP contribution in [0.5, 0.6) is 0 Å². The van der Waals surface area contributed by atoms with Crippen molar-refractivity contribution in [1.82, 2.24) is 4.90 Å². The molecule has 1 unspecified atom stereocenters. The van der Waals surface area contributed by atoms with Gasteiger partial charge in [-0.15, -0.1) is 0 Å². The van der Waals surface area contributed by atoms with Crippen LogP contribution in [0.4, 0.5) is 4.79 Å². The average molecular weight is 420 g/mol. The van der Waals surface area contributed by atoms with Crippen LogP contribution in [0.25, 0.3) is 0 Å². The number of hydrogen-bond donors (Lipinski definition) is 1. The van der Waals surface area contributed by atoms with Crippen LogP contribution in [-0.4, -0.2) is 52.3 Å². The number of hydrogen-bond acceptors (Lipinski definition) is 6. The molecule has 3 atom stereocenters. The average Bonchev–Trinajstić information content (AvgIpc) is 2.99. The van der Waals surface area contributed by atoms with Crippen molar-refractivity contribution < 1.29 is 29.0 Å². The standard InChI is InChI=1S/C23H33NO6/c1-16(25)9-8-12-18(14-20(26)30-23(2,3)4)21(27)24-19(15-29-22(24)28)13-17-10-6-5-7-11-17/h5-7,10-11,16,18-19,25H,8-9,12-15H2,1-4H3/t16?,18-,19+/m1/s1. The highest BCUT2D eigenvalue weighted by atomic mass is 16.6. The minimum Gasteiger partial charge on any atom is -0.460 e. The van der Waals surface area contributed by atoms with E-state index in [1.807, 2.05) is 30.3 Å². The summed E-state index contributed by atoms with van der Waals surface area (Å²) in [4.78, 5) is 39.2. The molecule has 1 fully saturated rings. The molecule has 0 spiro atoms. The summed E-state index contributed by atoms with van der Waals surface area (Å²) in [5.41, 5.74) is 0.337. The van der Waals surface area contributed by atoms with Crippen LogP contribution in [0, 0.1) is 5.92 Å². The first-order valence-corrected chi connectivity index (χ1v) is 10.5. The fraction of sp³-hybridized carbons (Fsp3) is 0.609. The maximum absolute atomic E-state index is 13.3. The molecule has 1 aliphatic rings. The maximum Gasteiger partial charge on any atom is 0.416 e. The first kappa shape index (κ1) is 23.9. The molecular weight excluding hydrogens is 386 g/mol. The van der Waals surface area contributed by atoms with Crippen LogP contribution in [0.3, 0.4) is 0 Å². The summed E-state index contributed by atoms with van der Waals surface area (Å²) >= 11 is 0. The van der Waals surface area contributed by atoms with Crippen LogP contribution in [0.2, 0.25) is 0 Å². The Morgan fingerprint density at radius 2 is 1.90 bits per heavy atom. The zero-order valence-corrected chi connectivity index (χ0v) is 18.3. The summed E-state index contributed by atoms with van der Waals surface area (Å²) in [6.45, 7) is 7.11. The number of aliphatic hydroxyl groups is 1. The molecule has 0 aromatic heterocycles. The molecular formula is C23H33NO6. The summed E-state index contributed by atoms with van der Waals surface area (Å²) in [7, 11) is 0. The highest BCUT2D eigenvalue weighted by Crippen LogP contribution is 2.25. The number of carbonyl (C=O) groups is 3. The largest absolute Gasteiger partial charge is 0.460 e. The molecule has 1 aromatic carbocycles. The van der Waals surface area contributed by atoms with Crippen molar-refractivity contribution in [1.29, 1.82) is 0 Å². The second kappa shape index (κ2) is 10.6. The molecule has 1 N–H and O–H groups in total. The number of benzene rings is 1. The van der Waals surface area contributed by atoms with Crippen molar-refractivity contribution in [3.05, 3.63) is 35.9 Å². The normalized spacial score (nSPS) is 18.6. The van der Waals surface area contributed by atoms with E-state index >= 15 is 0 Å². The summed E-state index contributed by atoms with van der Waals surface area (Å²) in [5.74, 6) is -1.61. The fourth-order valence-corrected chi connectivity index (χ4v) is 3.52. The zero-order chi connectivity index (χ0) is 22.3. The number of rotatable bonds is 9. The van der Waals surface area contributed by atoms with Crippen LogP contribution in [0.15, 0.2) is 30.3 Å². The topological polar surface area (TPSA) is 93.1 Å². The van der Waals surface area contributed by atoms with Crippen molar-refractivity contribution in [2.45, 2.75) is 77.5 Å². The Morgan fingerprint density at radius 3 is 2.50 bits per heavy atom. The number of nitrogens with zero attached hydrogens (tertiary/aromatic N) is 1. The molecule has 7 heteroatoms. The van der Waals surface area contributed by atoms with E-state index in [-0.39, 0.29) is 13.0 Å². The van der Waals surface area contributed by atoms with Crippen molar-refractivity contribution in [2.24, 2.45) is 5.92 Å². The maximum atomic E-state index is 13.3. The quantitative estimate of drug-likeness (QED) is 0.616. The number of aliphatic hydroxyl groups excluding tert-OH is 1. The summed E-state index contributed by atoms with van der Waals surface area (Å²) in [6, 6.07) is 9.17. The van der Waals surface area contributed by atoms with Gasteiger partial charge in [0, 0.05) is 5.92 Å². The first-order chi connectivity index (χ1) is 14.1. The first-order valence-electron chi connectivity index (χ1n) is 10.5. The van der Waals surface area contributed by atoms with E-state index < -0.39 is 41.6 Å². The molecule has 7 nitrogen and oxygen atoms in total. The molecule has 0 aliphatic carbocycles. The highest BCUT2D eigenvalue weighted by Gasteiger charge is 2.41. The molecule has 0 saturated carbocycles. The lowest BCUT2D eigenvalue weighted by molar-refractivity contribution is -0.158. The molecule has 1 aliphatic heterocycles. The van der Waals surface area contributed by atoms with Gasteiger partial charge < -0.3 is 14.6 Å².